The third-order valence-corrected chi connectivity index (χ3v) is 3.47. The first kappa shape index (κ1) is 10.1. The molecule has 0 aliphatic rings. The lowest BCUT2D eigenvalue weighted by atomic mass is 9.98. The lowest BCUT2D eigenvalue weighted by molar-refractivity contribution is 0.501. The van der Waals surface area contributed by atoms with E-state index in [0.717, 1.165) is 6.42 Å². The highest BCUT2D eigenvalue weighted by Gasteiger charge is 2.13. The molecule has 0 aliphatic carbocycles. The van der Waals surface area contributed by atoms with Crippen LogP contribution in [-0.2, 0) is 6.42 Å². The zero-order valence-electron chi connectivity index (χ0n) is 7.59. The van der Waals surface area contributed by atoms with Crippen molar-refractivity contribution in [2.24, 2.45) is 5.92 Å². The average molecular weight is 203 g/mol. The molecule has 0 nitrogen and oxygen atoms in total. The number of halogens is 1. The quantitative estimate of drug-likeness (QED) is 0.649. The molecule has 0 bridgehead atoms. The first-order valence-corrected chi connectivity index (χ1v) is 5.72. The fraction of sp³-hybridized carbons (Fsp3) is 0.600. The molecule has 0 aromatic carbocycles. The van der Waals surface area contributed by atoms with Crippen molar-refractivity contribution in [3.05, 3.63) is 22.4 Å². The van der Waals surface area contributed by atoms with Crippen LogP contribution in [0.25, 0.3) is 0 Å². The van der Waals surface area contributed by atoms with Gasteiger partial charge in [-0.3, -0.25) is 0 Å². The Kier molecular flexibility index (Phi) is 4.10. The monoisotopic (exact) mass is 202 g/mol. The standard InChI is InChI=1S/C10H15ClS/c1-3-9(8(2)11)7-10-5-4-6-12-10/h4-6,8-9H,3,7H2,1-2H3. The summed E-state index contributed by atoms with van der Waals surface area (Å²) in [4.78, 5) is 1.45. The highest BCUT2D eigenvalue weighted by atomic mass is 35.5. The van der Waals surface area contributed by atoms with Crippen molar-refractivity contribution >= 4 is 22.9 Å². The highest BCUT2D eigenvalue weighted by Crippen LogP contribution is 2.22. The van der Waals surface area contributed by atoms with Crippen LogP contribution in [0.15, 0.2) is 17.5 Å². The molecule has 1 heterocycles. The molecule has 1 aromatic heterocycles. The molecular formula is C10H15ClS. The fourth-order valence-corrected chi connectivity index (χ4v) is 2.39. The van der Waals surface area contributed by atoms with Gasteiger partial charge in [0.05, 0.1) is 0 Å². The van der Waals surface area contributed by atoms with E-state index in [0.29, 0.717) is 5.92 Å². The van der Waals surface area contributed by atoms with E-state index in [1.165, 1.54) is 11.3 Å². The Hall–Kier alpha value is -0.0100. The Morgan fingerprint density at radius 3 is 2.75 bits per heavy atom. The van der Waals surface area contributed by atoms with Crippen LogP contribution < -0.4 is 0 Å². The Balaban J connectivity index is 2.48. The third kappa shape index (κ3) is 2.80. The van der Waals surface area contributed by atoms with Crippen LogP contribution >= 0.6 is 22.9 Å². The minimum atomic E-state index is 0.289. The smallest absolute Gasteiger partial charge is 0.0339 e. The molecule has 0 radical (unpaired) electrons. The van der Waals surface area contributed by atoms with Crippen LogP contribution in [-0.4, -0.2) is 5.38 Å². The van der Waals surface area contributed by atoms with Crippen molar-refractivity contribution in [2.75, 3.05) is 0 Å². The average Bonchev–Trinajstić information content (AvgIpc) is 2.51. The first-order valence-electron chi connectivity index (χ1n) is 4.40. The van der Waals surface area contributed by atoms with Gasteiger partial charge in [0.15, 0.2) is 0 Å². The van der Waals surface area contributed by atoms with Crippen molar-refractivity contribution in [1.29, 1.82) is 0 Å². The lowest BCUT2D eigenvalue weighted by Gasteiger charge is -2.15. The van der Waals surface area contributed by atoms with E-state index in [9.17, 15) is 0 Å². The molecule has 0 aliphatic heterocycles. The summed E-state index contributed by atoms with van der Waals surface area (Å²) < 4.78 is 0. The molecule has 2 atom stereocenters. The fourth-order valence-electron chi connectivity index (χ4n) is 1.32. The zero-order chi connectivity index (χ0) is 8.97. The van der Waals surface area contributed by atoms with Crippen LogP contribution in [0, 0.1) is 5.92 Å². The molecular weight excluding hydrogens is 188 g/mol. The van der Waals surface area contributed by atoms with Gasteiger partial charge in [-0.1, -0.05) is 19.4 Å². The van der Waals surface area contributed by atoms with Crippen molar-refractivity contribution < 1.29 is 0 Å². The van der Waals surface area contributed by atoms with Gasteiger partial charge in [-0.2, -0.15) is 0 Å². The lowest BCUT2D eigenvalue weighted by Crippen LogP contribution is -2.12. The largest absolute Gasteiger partial charge is 0.149 e. The Morgan fingerprint density at radius 1 is 1.58 bits per heavy atom. The molecule has 0 amide bonds. The van der Waals surface area contributed by atoms with E-state index in [2.05, 4.69) is 31.4 Å². The number of hydrogen-bond donors (Lipinski definition) is 0. The van der Waals surface area contributed by atoms with Crippen LogP contribution in [0.2, 0.25) is 0 Å². The molecule has 0 N–H and O–H groups in total. The first-order chi connectivity index (χ1) is 5.74. The molecule has 0 spiro atoms. The molecule has 12 heavy (non-hydrogen) atoms. The maximum Gasteiger partial charge on any atom is 0.0339 e. The van der Waals surface area contributed by atoms with Gasteiger partial charge in [0.1, 0.15) is 0 Å². The normalized spacial score (nSPS) is 15.9. The summed E-state index contributed by atoms with van der Waals surface area (Å²) in [6.07, 6.45) is 2.31. The summed E-state index contributed by atoms with van der Waals surface area (Å²) in [5.74, 6) is 0.630. The van der Waals surface area contributed by atoms with Gasteiger partial charge in [0.25, 0.3) is 0 Å². The molecule has 0 saturated heterocycles. The zero-order valence-corrected chi connectivity index (χ0v) is 9.16. The summed E-state index contributed by atoms with van der Waals surface area (Å²) in [5.41, 5.74) is 0. The van der Waals surface area contributed by atoms with Gasteiger partial charge < -0.3 is 0 Å². The van der Waals surface area contributed by atoms with Gasteiger partial charge in [0, 0.05) is 10.3 Å². The second-order valence-corrected chi connectivity index (χ2v) is 4.85. The van der Waals surface area contributed by atoms with Crippen LogP contribution in [0.1, 0.15) is 25.1 Å². The van der Waals surface area contributed by atoms with Crippen molar-refractivity contribution in [1.82, 2.24) is 0 Å². The maximum absolute atomic E-state index is 6.07. The Morgan fingerprint density at radius 2 is 2.33 bits per heavy atom. The van der Waals surface area contributed by atoms with E-state index in [4.69, 9.17) is 11.6 Å². The van der Waals surface area contributed by atoms with E-state index < -0.39 is 0 Å². The Labute approximate surface area is 83.6 Å². The summed E-state index contributed by atoms with van der Waals surface area (Å²) in [6.45, 7) is 4.29. The summed E-state index contributed by atoms with van der Waals surface area (Å²) in [5, 5.41) is 2.41. The topological polar surface area (TPSA) is 0 Å². The molecule has 1 aromatic rings. The van der Waals surface area contributed by atoms with Gasteiger partial charge in [-0.05, 0) is 30.7 Å². The van der Waals surface area contributed by atoms with E-state index in [1.807, 2.05) is 11.3 Å². The molecule has 1 rings (SSSR count). The van der Waals surface area contributed by atoms with Crippen molar-refractivity contribution in [3.63, 3.8) is 0 Å². The second-order valence-electron chi connectivity index (χ2n) is 3.13. The molecule has 2 heteroatoms. The van der Waals surface area contributed by atoms with Gasteiger partial charge in [-0.25, -0.2) is 0 Å². The number of thiophene rings is 1. The van der Waals surface area contributed by atoms with Gasteiger partial charge >= 0.3 is 0 Å². The van der Waals surface area contributed by atoms with Crippen LogP contribution in [0.5, 0.6) is 0 Å². The van der Waals surface area contributed by atoms with Gasteiger partial charge in [0.2, 0.25) is 0 Å². The predicted molar refractivity (Wildman–Crippen MR) is 57.1 cm³/mol. The van der Waals surface area contributed by atoms with Crippen LogP contribution in [0.3, 0.4) is 0 Å². The predicted octanol–water partition coefficient (Wildman–Crippen LogP) is 3.94. The molecule has 68 valence electrons. The van der Waals surface area contributed by atoms with Crippen molar-refractivity contribution in [2.45, 2.75) is 32.1 Å². The van der Waals surface area contributed by atoms with Crippen molar-refractivity contribution in [3.8, 4) is 0 Å². The molecule has 0 saturated carbocycles. The van der Waals surface area contributed by atoms with Gasteiger partial charge in [-0.15, -0.1) is 22.9 Å². The van der Waals surface area contributed by atoms with E-state index in [1.54, 1.807) is 0 Å². The minimum Gasteiger partial charge on any atom is -0.149 e. The maximum atomic E-state index is 6.07. The van der Waals surface area contributed by atoms with E-state index >= 15 is 0 Å². The SMILES string of the molecule is CCC(Cc1cccs1)C(C)Cl. The highest BCUT2D eigenvalue weighted by molar-refractivity contribution is 7.09. The third-order valence-electron chi connectivity index (χ3n) is 2.22. The number of hydrogen-bond acceptors (Lipinski definition) is 1. The van der Waals surface area contributed by atoms with E-state index in [-0.39, 0.29) is 5.38 Å². The number of alkyl halides is 1. The molecule has 0 fully saturated rings. The minimum absolute atomic E-state index is 0.289. The second kappa shape index (κ2) is 4.88. The molecule has 2 unspecified atom stereocenters. The summed E-state index contributed by atoms with van der Waals surface area (Å²) in [7, 11) is 0. The van der Waals surface area contributed by atoms with Crippen LogP contribution in [0.4, 0.5) is 0 Å². The Bertz CT molecular complexity index is 204. The summed E-state index contributed by atoms with van der Waals surface area (Å²) >= 11 is 7.89. The summed E-state index contributed by atoms with van der Waals surface area (Å²) in [6, 6.07) is 4.29. The number of rotatable bonds is 4.